The molecule has 1 aliphatic carbocycles. The van der Waals surface area contributed by atoms with Crippen LogP contribution in [0.2, 0.25) is 0 Å². The van der Waals surface area contributed by atoms with E-state index in [4.69, 9.17) is 5.11 Å². The van der Waals surface area contributed by atoms with Crippen LogP contribution < -0.4 is 10.6 Å². The van der Waals surface area contributed by atoms with Gasteiger partial charge in [0, 0.05) is 6.54 Å². The Morgan fingerprint density at radius 1 is 1.31 bits per heavy atom. The predicted octanol–water partition coefficient (Wildman–Crippen LogP) is 1.48. The third kappa shape index (κ3) is 3.72. The molecule has 92 valence electrons. The number of hydrogen-bond acceptors (Lipinski definition) is 2. The van der Waals surface area contributed by atoms with Crippen molar-refractivity contribution in [3.05, 3.63) is 0 Å². The van der Waals surface area contributed by atoms with Crippen molar-refractivity contribution < 1.29 is 14.7 Å². The molecular weight excluding hydrogens is 208 g/mol. The monoisotopic (exact) mass is 228 g/mol. The average molecular weight is 228 g/mol. The third-order valence-electron chi connectivity index (χ3n) is 2.96. The smallest absolute Gasteiger partial charge is 0.315 e. The van der Waals surface area contributed by atoms with Crippen LogP contribution in [0.1, 0.15) is 45.4 Å². The quantitative estimate of drug-likeness (QED) is 0.667. The van der Waals surface area contributed by atoms with E-state index in [9.17, 15) is 9.59 Å². The molecule has 5 heteroatoms. The lowest BCUT2D eigenvalue weighted by molar-refractivity contribution is -0.138. The normalized spacial score (nSPS) is 18.1. The lowest BCUT2D eigenvalue weighted by Gasteiger charge is -2.28. The standard InChI is InChI=1S/C11H20N2O3/c1-2-7-12-10(16)13-11(8-9(14)15)5-3-4-6-11/h2-8H2,1H3,(H,14,15)(H2,12,13,16). The SMILES string of the molecule is CCCNC(=O)NC1(CC(=O)O)CCCC1. The van der Waals surface area contributed by atoms with Crippen LogP contribution in [0.5, 0.6) is 0 Å². The van der Waals surface area contributed by atoms with Gasteiger partial charge in [-0.05, 0) is 19.3 Å². The summed E-state index contributed by atoms with van der Waals surface area (Å²) in [6, 6.07) is -0.245. The zero-order valence-electron chi connectivity index (χ0n) is 9.71. The van der Waals surface area contributed by atoms with E-state index in [1.165, 1.54) is 0 Å². The number of urea groups is 1. The molecule has 0 atom stereocenters. The molecule has 0 bridgehead atoms. The summed E-state index contributed by atoms with van der Waals surface area (Å²) in [4.78, 5) is 22.3. The zero-order valence-corrected chi connectivity index (χ0v) is 9.71. The number of rotatable bonds is 5. The molecule has 2 amide bonds. The van der Waals surface area contributed by atoms with Crippen molar-refractivity contribution in [2.45, 2.75) is 51.0 Å². The molecule has 5 nitrogen and oxygen atoms in total. The number of carboxylic acids is 1. The van der Waals surface area contributed by atoms with Crippen molar-refractivity contribution >= 4 is 12.0 Å². The summed E-state index contributed by atoms with van der Waals surface area (Å²) in [5, 5.41) is 14.4. The van der Waals surface area contributed by atoms with Crippen LogP contribution in [-0.2, 0) is 4.79 Å². The number of hydrogen-bond donors (Lipinski definition) is 3. The van der Waals surface area contributed by atoms with Gasteiger partial charge < -0.3 is 15.7 Å². The van der Waals surface area contributed by atoms with Gasteiger partial charge in [0.25, 0.3) is 0 Å². The first-order chi connectivity index (χ1) is 7.58. The molecule has 0 unspecified atom stereocenters. The highest BCUT2D eigenvalue weighted by molar-refractivity contribution is 5.76. The van der Waals surface area contributed by atoms with E-state index in [1.54, 1.807) is 0 Å². The van der Waals surface area contributed by atoms with E-state index in [0.717, 1.165) is 32.1 Å². The van der Waals surface area contributed by atoms with Gasteiger partial charge in [0.2, 0.25) is 0 Å². The highest BCUT2D eigenvalue weighted by atomic mass is 16.4. The van der Waals surface area contributed by atoms with Gasteiger partial charge in [-0.2, -0.15) is 0 Å². The minimum Gasteiger partial charge on any atom is -0.481 e. The fourth-order valence-corrected chi connectivity index (χ4v) is 2.21. The van der Waals surface area contributed by atoms with Gasteiger partial charge in [-0.25, -0.2) is 4.79 Å². The van der Waals surface area contributed by atoms with Gasteiger partial charge in [-0.15, -0.1) is 0 Å². The second-order valence-corrected chi connectivity index (χ2v) is 4.44. The molecule has 0 radical (unpaired) electrons. The molecule has 16 heavy (non-hydrogen) atoms. The Bertz CT molecular complexity index is 260. The van der Waals surface area contributed by atoms with E-state index in [0.29, 0.717) is 6.54 Å². The fraction of sp³-hybridized carbons (Fsp3) is 0.818. The van der Waals surface area contributed by atoms with Crippen molar-refractivity contribution in [2.75, 3.05) is 6.54 Å². The molecule has 1 aliphatic rings. The van der Waals surface area contributed by atoms with Gasteiger partial charge in [0.15, 0.2) is 0 Å². The van der Waals surface area contributed by atoms with E-state index in [1.807, 2.05) is 6.92 Å². The first kappa shape index (κ1) is 12.8. The zero-order chi connectivity index (χ0) is 12.0. The van der Waals surface area contributed by atoms with Gasteiger partial charge in [0.1, 0.15) is 0 Å². The summed E-state index contributed by atoms with van der Waals surface area (Å²) >= 11 is 0. The minimum atomic E-state index is -0.849. The molecular formula is C11H20N2O3. The number of amides is 2. The van der Waals surface area contributed by atoms with Crippen LogP contribution in [0.15, 0.2) is 0 Å². The van der Waals surface area contributed by atoms with E-state index >= 15 is 0 Å². The molecule has 3 N–H and O–H groups in total. The molecule has 0 aromatic heterocycles. The molecule has 1 saturated carbocycles. The van der Waals surface area contributed by atoms with Crippen molar-refractivity contribution in [1.82, 2.24) is 10.6 Å². The van der Waals surface area contributed by atoms with Gasteiger partial charge in [-0.1, -0.05) is 19.8 Å². The third-order valence-corrected chi connectivity index (χ3v) is 2.96. The number of aliphatic carboxylic acids is 1. The number of carbonyl (C=O) groups is 2. The van der Waals surface area contributed by atoms with Gasteiger partial charge >= 0.3 is 12.0 Å². The lowest BCUT2D eigenvalue weighted by atomic mass is 9.93. The molecule has 0 aromatic rings. The summed E-state index contributed by atoms with van der Waals surface area (Å²) in [7, 11) is 0. The molecule has 1 fully saturated rings. The molecule has 0 spiro atoms. The van der Waals surface area contributed by atoms with E-state index in [-0.39, 0.29) is 12.5 Å². The van der Waals surface area contributed by atoms with Crippen molar-refractivity contribution in [1.29, 1.82) is 0 Å². The van der Waals surface area contributed by atoms with E-state index in [2.05, 4.69) is 10.6 Å². The Labute approximate surface area is 95.6 Å². The summed E-state index contributed by atoms with van der Waals surface area (Å²) < 4.78 is 0. The molecule has 0 heterocycles. The fourth-order valence-electron chi connectivity index (χ4n) is 2.21. The first-order valence-corrected chi connectivity index (χ1v) is 5.86. The molecule has 1 rings (SSSR count). The van der Waals surface area contributed by atoms with Crippen LogP contribution in [0.25, 0.3) is 0 Å². The van der Waals surface area contributed by atoms with E-state index < -0.39 is 11.5 Å². The Kier molecular flexibility index (Phi) is 4.58. The van der Waals surface area contributed by atoms with Crippen LogP contribution in [-0.4, -0.2) is 29.2 Å². The molecule has 0 saturated heterocycles. The maximum Gasteiger partial charge on any atom is 0.315 e. The molecule has 0 aromatic carbocycles. The predicted molar refractivity (Wildman–Crippen MR) is 60.3 cm³/mol. The van der Waals surface area contributed by atoms with Crippen LogP contribution in [0.4, 0.5) is 4.79 Å². The minimum absolute atomic E-state index is 0.0204. The Hall–Kier alpha value is -1.26. The number of carbonyl (C=O) groups excluding carboxylic acids is 1. The Morgan fingerprint density at radius 2 is 1.94 bits per heavy atom. The summed E-state index contributed by atoms with van der Waals surface area (Å²) in [6.45, 7) is 2.60. The van der Waals surface area contributed by atoms with Gasteiger partial charge in [-0.3, -0.25) is 4.79 Å². The summed E-state index contributed by atoms with van der Waals surface area (Å²) in [6.07, 6.45) is 4.40. The van der Waals surface area contributed by atoms with Crippen molar-refractivity contribution in [2.24, 2.45) is 0 Å². The maximum atomic E-state index is 11.5. The average Bonchev–Trinajstić information content (AvgIpc) is 2.62. The second kappa shape index (κ2) is 5.72. The van der Waals surface area contributed by atoms with Crippen molar-refractivity contribution in [3.8, 4) is 0 Å². The first-order valence-electron chi connectivity index (χ1n) is 5.86. The Morgan fingerprint density at radius 3 is 2.44 bits per heavy atom. The van der Waals surface area contributed by atoms with Crippen molar-refractivity contribution in [3.63, 3.8) is 0 Å². The maximum absolute atomic E-state index is 11.5. The topological polar surface area (TPSA) is 78.4 Å². The second-order valence-electron chi connectivity index (χ2n) is 4.44. The summed E-state index contributed by atoms with van der Waals surface area (Å²) in [5.74, 6) is -0.849. The van der Waals surface area contributed by atoms with Crippen LogP contribution in [0.3, 0.4) is 0 Å². The van der Waals surface area contributed by atoms with Crippen LogP contribution >= 0.6 is 0 Å². The van der Waals surface area contributed by atoms with Gasteiger partial charge in [0.05, 0.1) is 12.0 Å². The lowest BCUT2D eigenvalue weighted by Crippen LogP contribution is -2.51. The molecule has 0 aliphatic heterocycles. The Balaban J connectivity index is 2.50. The largest absolute Gasteiger partial charge is 0.481 e. The highest BCUT2D eigenvalue weighted by Gasteiger charge is 2.37. The number of nitrogens with one attached hydrogen (secondary N) is 2. The number of carboxylic acid groups (broad SMARTS) is 1. The highest BCUT2D eigenvalue weighted by Crippen LogP contribution is 2.32. The van der Waals surface area contributed by atoms with Crippen LogP contribution in [0, 0.1) is 0 Å². The summed E-state index contributed by atoms with van der Waals surface area (Å²) in [5.41, 5.74) is -0.524.